The first-order valence-corrected chi connectivity index (χ1v) is 6.37. The van der Waals surface area contributed by atoms with Crippen LogP contribution in [0.5, 0.6) is 0 Å². The highest BCUT2D eigenvalue weighted by Crippen LogP contribution is 2.29. The standard InChI is InChI=1S/C12H8Cl3N3O/c1-6-4-8(14)10(5-7(6)13)16-12(19)9-2-3-11(15)18-17-9/h2-5H,1H3,(H,16,19). The van der Waals surface area contributed by atoms with Gasteiger partial charge in [-0.1, -0.05) is 34.8 Å². The third-order valence-corrected chi connectivity index (χ3v) is 3.28. The Balaban J connectivity index is 2.24. The second kappa shape index (κ2) is 5.74. The maximum Gasteiger partial charge on any atom is 0.276 e. The molecule has 0 aliphatic carbocycles. The predicted octanol–water partition coefficient (Wildman–Crippen LogP) is 4.00. The summed E-state index contributed by atoms with van der Waals surface area (Å²) in [6.07, 6.45) is 0. The maximum atomic E-state index is 11.9. The summed E-state index contributed by atoms with van der Waals surface area (Å²) in [7, 11) is 0. The minimum Gasteiger partial charge on any atom is -0.319 e. The second-order valence-corrected chi connectivity index (χ2v) is 4.98. The number of hydrogen-bond donors (Lipinski definition) is 1. The molecule has 0 saturated carbocycles. The topological polar surface area (TPSA) is 54.9 Å². The van der Waals surface area contributed by atoms with Crippen LogP contribution in [0.3, 0.4) is 0 Å². The van der Waals surface area contributed by atoms with E-state index in [1.165, 1.54) is 12.1 Å². The van der Waals surface area contributed by atoms with Gasteiger partial charge in [0.25, 0.3) is 5.91 Å². The molecule has 0 atom stereocenters. The summed E-state index contributed by atoms with van der Waals surface area (Å²) >= 11 is 17.6. The van der Waals surface area contributed by atoms with Gasteiger partial charge in [-0.3, -0.25) is 4.79 Å². The second-order valence-electron chi connectivity index (χ2n) is 3.78. The Morgan fingerprint density at radius 3 is 2.47 bits per heavy atom. The Morgan fingerprint density at radius 1 is 1.11 bits per heavy atom. The number of aryl methyl sites for hydroxylation is 1. The molecule has 19 heavy (non-hydrogen) atoms. The third kappa shape index (κ3) is 3.35. The highest BCUT2D eigenvalue weighted by Gasteiger charge is 2.12. The Morgan fingerprint density at radius 2 is 1.84 bits per heavy atom. The van der Waals surface area contributed by atoms with Crippen LogP contribution in [0.4, 0.5) is 5.69 Å². The molecule has 4 nitrogen and oxygen atoms in total. The Labute approximate surface area is 124 Å². The summed E-state index contributed by atoms with van der Waals surface area (Å²) in [5.74, 6) is -0.439. The van der Waals surface area contributed by atoms with E-state index >= 15 is 0 Å². The molecule has 2 rings (SSSR count). The van der Waals surface area contributed by atoms with Gasteiger partial charge in [0.15, 0.2) is 10.8 Å². The van der Waals surface area contributed by atoms with E-state index in [9.17, 15) is 4.79 Å². The molecule has 7 heteroatoms. The van der Waals surface area contributed by atoms with E-state index in [0.717, 1.165) is 5.56 Å². The van der Waals surface area contributed by atoms with E-state index in [4.69, 9.17) is 34.8 Å². The van der Waals surface area contributed by atoms with Gasteiger partial charge in [0.05, 0.1) is 10.7 Å². The van der Waals surface area contributed by atoms with Crippen molar-refractivity contribution in [3.05, 3.63) is 50.7 Å². The van der Waals surface area contributed by atoms with Crippen molar-refractivity contribution in [1.82, 2.24) is 10.2 Å². The zero-order valence-corrected chi connectivity index (χ0v) is 12.0. The Kier molecular flexibility index (Phi) is 4.24. The fourth-order valence-corrected chi connectivity index (χ4v) is 1.90. The number of nitrogens with zero attached hydrogens (tertiary/aromatic N) is 2. The van der Waals surface area contributed by atoms with E-state index < -0.39 is 5.91 Å². The van der Waals surface area contributed by atoms with Crippen LogP contribution in [0.25, 0.3) is 0 Å². The van der Waals surface area contributed by atoms with Crippen molar-refractivity contribution in [3.63, 3.8) is 0 Å². The summed E-state index contributed by atoms with van der Waals surface area (Å²) in [4.78, 5) is 11.9. The predicted molar refractivity (Wildman–Crippen MR) is 76.2 cm³/mol. The zero-order valence-electron chi connectivity index (χ0n) is 9.75. The van der Waals surface area contributed by atoms with Crippen LogP contribution in [0.2, 0.25) is 15.2 Å². The largest absolute Gasteiger partial charge is 0.319 e. The molecule has 1 heterocycles. The van der Waals surface area contributed by atoms with Crippen LogP contribution in [0.15, 0.2) is 24.3 Å². The van der Waals surface area contributed by atoms with E-state index in [1.807, 2.05) is 6.92 Å². The fourth-order valence-electron chi connectivity index (χ4n) is 1.37. The highest BCUT2D eigenvalue weighted by atomic mass is 35.5. The van der Waals surface area contributed by atoms with Gasteiger partial charge in [-0.15, -0.1) is 10.2 Å². The van der Waals surface area contributed by atoms with Gasteiger partial charge in [-0.25, -0.2) is 0 Å². The van der Waals surface area contributed by atoms with Gasteiger partial charge in [-0.05, 0) is 36.8 Å². The smallest absolute Gasteiger partial charge is 0.276 e. The lowest BCUT2D eigenvalue weighted by Gasteiger charge is -2.08. The number of benzene rings is 1. The van der Waals surface area contributed by atoms with Crippen molar-refractivity contribution in [3.8, 4) is 0 Å². The molecule has 1 N–H and O–H groups in total. The summed E-state index contributed by atoms with van der Waals surface area (Å²) in [6, 6.07) is 6.20. The van der Waals surface area contributed by atoms with Crippen molar-refractivity contribution in [2.45, 2.75) is 6.92 Å². The van der Waals surface area contributed by atoms with Crippen LogP contribution in [0.1, 0.15) is 16.1 Å². The lowest BCUT2D eigenvalue weighted by molar-refractivity contribution is 0.102. The number of hydrogen-bond acceptors (Lipinski definition) is 3. The lowest BCUT2D eigenvalue weighted by Crippen LogP contribution is -2.14. The van der Waals surface area contributed by atoms with Crippen LogP contribution in [0, 0.1) is 6.92 Å². The molecular weight excluding hydrogens is 309 g/mol. The SMILES string of the molecule is Cc1cc(Cl)c(NC(=O)c2ccc(Cl)nn2)cc1Cl. The Bertz CT molecular complexity index is 629. The first-order valence-electron chi connectivity index (χ1n) is 5.23. The van der Waals surface area contributed by atoms with Crippen molar-refractivity contribution < 1.29 is 4.79 Å². The molecule has 0 aliphatic heterocycles. The highest BCUT2D eigenvalue weighted by molar-refractivity contribution is 6.36. The van der Waals surface area contributed by atoms with E-state index in [-0.39, 0.29) is 10.8 Å². The Hall–Kier alpha value is -1.36. The van der Waals surface area contributed by atoms with Crippen LogP contribution >= 0.6 is 34.8 Å². The normalized spacial score (nSPS) is 10.3. The maximum absolute atomic E-state index is 11.9. The fraction of sp³-hybridized carbons (Fsp3) is 0.0833. The molecule has 0 radical (unpaired) electrons. The van der Waals surface area contributed by atoms with Gasteiger partial charge in [0.2, 0.25) is 0 Å². The number of amides is 1. The minimum absolute atomic E-state index is 0.136. The monoisotopic (exact) mass is 315 g/mol. The summed E-state index contributed by atoms with van der Waals surface area (Å²) in [5.41, 5.74) is 1.38. The van der Waals surface area contributed by atoms with Crippen molar-refractivity contribution in [2.75, 3.05) is 5.32 Å². The average Bonchev–Trinajstić information content (AvgIpc) is 2.36. The molecular formula is C12H8Cl3N3O. The third-order valence-electron chi connectivity index (χ3n) is 2.36. The summed E-state index contributed by atoms with van der Waals surface area (Å²) in [6.45, 7) is 1.82. The number of halogens is 3. The van der Waals surface area contributed by atoms with Gasteiger partial charge >= 0.3 is 0 Å². The molecule has 0 bridgehead atoms. The van der Waals surface area contributed by atoms with Crippen LogP contribution in [-0.4, -0.2) is 16.1 Å². The van der Waals surface area contributed by atoms with E-state index in [2.05, 4.69) is 15.5 Å². The van der Waals surface area contributed by atoms with Gasteiger partial charge < -0.3 is 5.32 Å². The number of nitrogens with one attached hydrogen (secondary N) is 1. The van der Waals surface area contributed by atoms with Crippen molar-refractivity contribution in [2.24, 2.45) is 0 Å². The number of carbonyl (C=O) groups excluding carboxylic acids is 1. The molecule has 0 spiro atoms. The molecule has 2 aromatic rings. The van der Waals surface area contributed by atoms with Crippen LogP contribution in [-0.2, 0) is 0 Å². The first-order chi connectivity index (χ1) is 8.97. The van der Waals surface area contributed by atoms with Crippen molar-refractivity contribution >= 4 is 46.4 Å². The van der Waals surface area contributed by atoms with E-state index in [1.54, 1.807) is 12.1 Å². The molecule has 1 amide bonds. The lowest BCUT2D eigenvalue weighted by atomic mass is 10.2. The molecule has 0 aliphatic rings. The quantitative estimate of drug-likeness (QED) is 0.911. The zero-order chi connectivity index (χ0) is 14.0. The molecule has 1 aromatic heterocycles. The van der Waals surface area contributed by atoms with Gasteiger partial charge in [0.1, 0.15) is 0 Å². The molecule has 98 valence electrons. The molecule has 0 saturated heterocycles. The number of aromatic nitrogens is 2. The van der Waals surface area contributed by atoms with Crippen molar-refractivity contribution in [1.29, 1.82) is 0 Å². The molecule has 0 unspecified atom stereocenters. The minimum atomic E-state index is -0.439. The average molecular weight is 317 g/mol. The summed E-state index contributed by atoms with van der Waals surface area (Å²) in [5, 5.41) is 11.0. The number of rotatable bonds is 2. The number of carbonyl (C=O) groups is 1. The number of anilines is 1. The molecule has 1 aromatic carbocycles. The van der Waals surface area contributed by atoms with Gasteiger partial charge in [0, 0.05) is 5.02 Å². The first kappa shape index (κ1) is 14.1. The summed E-state index contributed by atoms with van der Waals surface area (Å²) < 4.78 is 0. The molecule has 0 fully saturated rings. The van der Waals surface area contributed by atoms with E-state index in [0.29, 0.717) is 15.7 Å². The van der Waals surface area contributed by atoms with Crippen LogP contribution < -0.4 is 5.32 Å². The van der Waals surface area contributed by atoms with Gasteiger partial charge in [-0.2, -0.15) is 0 Å².